The fraction of sp³-hybridized carbons (Fsp3) is 0.393. The highest BCUT2D eigenvalue weighted by Gasteiger charge is 2.46. The lowest BCUT2D eigenvalue weighted by Crippen LogP contribution is -2.38. The van der Waals surface area contributed by atoms with Gasteiger partial charge in [-0.25, -0.2) is 9.78 Å². The summed E-state index contributed by atoms with van der Waals surface area (Å²) < 4.78 is 18.2. The molecule has 7 nitrogen and oxygen atoms in total. The number of hydrogen-bond acceptors (Lipinski definition) is 8. The van der Waals surface area contributed by atoms with Crippen molar-refractivity contribution in [3.05, 3.63) is 63.3 Å². The highest BCUT2D eigenvalue weighted by atomic mass is 35.5. The summed E-state index contributed by atoms with van der Waals surface area (Å²) in [5.74, 6) is 1.39. The maximum atomic E-state index is 11.9. The molecule has 3 atom stereocenters. The highest BCUT2D eigenvalue weighted by molar-refractivity contribution is 7.22. The van der Waals surface area contributed by atoms with E-state index in [0.29, 0.717) is 51.4 Å². The van der Waals surface area contributed by atoms with E-state index < -0.39 is 0 Å². The van der Waals surface area contributed by atoms with Gasteiger partial charge in [-0.05, 0) is 56.0 Å². The van der Waals surface area contributed by atoms with Gasteiger partial charge >= 0.3 is 5.97 Å². The number of carbonyl (C=O) groups is 1. The number of thiazole rings is 1. The molecule has 2 aromatic carbocycles. The van der Waals surface area contributed by atoms with Crippen molar-refractivity contribution < 1.29 is 18.8 Å². The second kappa shape index (κ2) is 9.52. The second-order valence-corrected chi connectivity index (χ2v) is 12.1. The average Bonchev–Trinajstić information content (AvgIpc) is 3.24. The summed E-state index contributed by atoms with van der Waals surface area (Å²) >= 11 is 14.7. The molecular weight excluding hydrogens is 545 g/mol. The summed E-state index contributed by atoms with van der Waals surface area (Å²) in [5, 5.41) is 6.50. The van der Waals surface area contributed by atoms with Crippen LogP contribution >= 0.6 is 34.5 Å². The quantitative estimate of drug-likeness (QED) is 0.219. The van der Waals surface area contributed by atoms with Crippen molar-refractivity contribution in [3.8, 4) is 11.3 Å². The summed E-state index contributed by atoms with van der Waals surface area (Å²) in [6.45, 7) is 1.33. The van der Waals surface area contributed by atoms with Gasteiger partial charge in [-0.2, -0.15) is 0 Å². The summed E-state index contributed by atoms with van der Waals surface area (Å²) in [6, 6.07) is 11.4. The third-order valence-corrected chi connectivity index (χ3v) is 9.61. The number of piperidine rings is 1. The molecule has 0 radical (unpaired) electrons. The van der Waals surface area contributed by atoms with Crippen LogP contribution in [0, 0.1) is 5.92 Å². The minimum atomic E-state index is -0.334. The van der Waals surface area contributed by atoms with Gasteiger partial charge in [0.15, 0.2) is 5.13 Å². The Bertz CT molecular complexity index is 1530. The Hall–Kier alpha value is -2.65. The van der Waals surface area contributed by atoms with E-state index in [-0.39, 0.29) is 12.1 Å². The van der Waals surface area contributed by atoms with Crippen molar-refractivity contribution >= 4 is 55.9 Å². The molecule has 0 N–H and O–H groups in total. The number of fused-ring (bicyclic) bond motifs is 3. The zero-order valence-electron chi connectivity index (χ0n) is 20.7. The van der Waals surface area contributed by atoms with Crippen LogP contribution in [0.1, 0.15) is 53.3 Å². The number of ether oxygens (including phenoxy) is 2. The van der Waals surface area contributed by atoms with E-state index in [9.17, 15) is 4.79 Å². The van der Waals surface area contributed by atoms with Crippen LogP contribution in [-0.2, 0) is 16.1 Å². The normalized spacial score (nSPS) is 22.5. The lowest BCUT2D eigenvalue weighted by Gasteiger charge is -2.31. The molecule has 3 heterocycles. The Labute approximate surface area is 233 Å². The average molecular weight is 570 g/mol. The van der Waals surface area contributed by atoms with Gasteiger partial charge in [0, 0.05) is 35.5 Å². The summed E-state index contributed by atoms with van der Waals surface area (Å²) in [7, 11) is 1.40. The molecule has 3 unspecified atom stereocenters. The van der Waals surface area contributed by atoms with Crippen LogP contribution in [0.4, 0.5) is 5.13 Å². The molecule has 0 amide bonds. The fourth-order valence-corrected chi connectivity index (χ4v) is 7.53. The highest BCUT2D eigenvalue weighted by Crippen LogP contribution is 2.48. The second-order valence-electron chi connectivity index (χ2n) is 10.3. The fourth-order valence-electron chi connectivity index (χ4n) is 5.86. The SMILES string of the molecule is COC(=O)c1ccc2nc(N3CC4CC3CC4OCc3c(-c4c(Cl)cccc4Cl)noc3C3CC3)sc2c1. The Kier molecular flexibility index (Phi) is 6.11. The maximum absolute atomic E-state index is 11.9. The van der Waals surface area contributed by atoms with E-state index >= 15 is 0 Å². The third-order valence-electron chi connectivity index (χ3n) is 7.93. The molecule has 10 heteroatoms. The number of carbonyl (C=O) groups excluding carboxylic acids is 1. The number of aromatic nitrogens is 2. The Morgan fingerprint density at radius 3 is 2.71 bits per heavy atom. The van der Waals surface area contributed by atoms with Crippen LogP contribution in [-0.4, -0.2) is 41.9 Å². The molecule has 1 aliphatic heterocycles. The summed E-state index contributed by atoms with van der Waals surface area (Å²) in [5.41, 5.74) is 3.81. The first-order valence-electron chi connectivity index (χ1n) is 12.8. The number of rotatable bonds is 7. The monoisotopic (exact) mass is 569 g/mol. The van der Waals surface area contributed by atoms with E-state index in [1.54, 1.807) is 17.4 Å². The van der Waals surface area contributed by atoms with Gasteiger partial charge in [0.25, 0.3) is 0 Å². The van der Waals surface area contributed by atoms with Crippen LogP contribution in [0.5, 0.6) is 0 Å². The number of benzene rings is 2. The Balaban J connectivity index is 1.07. The summed E-state index contributed by atoms with van der Waals surface area (Å²) in [6.07, 6.45) is 4.39. The maximum Gasteiger partial charge on any atom is 0.337 e. The van der Waals surface area contributed by atoms with Gasteiger partial charge in [0.1, 0.15) is 11.5 Å². The van der Waals surface area contributed by atoms with Crippen molar-refractivity contribution in [2.24, 2.45) is 5.92 Å². The van der Waals surface area contributed by atoms with Crippen molar-refractivity contribution in [1.82, 2.24) is 10.1 Å². The van der Waals surface area contributed by atoms with E-state index in [2.05, 4.69) is 10.1 Å². The lowest BCUT2D eigenvalue weighted by molar-refractivity contribution is 0.0122. The minimum absolute atomic E-state index is 0.160. The van der Waals surface area contributed by atoms with Crippen LogP contribution in [0.15, 0.2) is 40.9 Å². The predicted octanol–water partition coefficient (Wildman–Crippen LogP) is 7.11. The van der Waals surface area contributed by atoms with Crippen LogP contribution in [0.3, 0.4) is 0 Å². The molecule has 3 aliphatic rings. The van der Waals surface area contributed by atoms with Crippen molar-refractivity contribution in [2.45, 2.75) is 50.4 Å². The zero-order chi connectivity index (χ0) is 26.0. The van der Waals surface area contributed by atoms with Crippen molar-refractivity contribution in [1.29, 1.82) is 0 Å². The molecule has 2 aromatic heterocycles. The first-order chi connectivity index (χ1) is 18.5. The standard InChI is InChI=1S/C28H25Cl2N3O4S/c1-35-27(34)15-7-8-21-23(10-15)38-28(31-21)33-12-16-9-17(33)11-22(16)36-13-18-25(32-37-26(18)14-5-6-14)24-19(29)3-2-4-20(24)30/h2-4,7-8,10,14,16-17,22H,5-6,9,11-13H2,1H3. The molecule has 3 fully saturated rings. The van der Waals surface area contributed by atoms with Gasteiger partial charge < -0.3 is 18.9 Å². The molecule has 0 spiro atoms. The zero-order valence-corrected chi connectivity index (χ0v) is 23.0. The molecular formula is C28H25Cl2N3O4S. The van der Waals surface area contributed by atoms with E-state index in [0.717, 1.165) is 58.9 Å². The van der Waals surface area contributed by atoms with Crippen molar-refractivity contribution in [3.63, 3.8) is 0 Å². The van der Waals surface area contributed by atoms with E-state index in [4.69, 9.17) is 42.2 Å². The van der Waals surface area contributed by atoms with E-state index in [1.807, 2.05) is 30.3 Å². The smallest absolute Gasteiger partial charge is 0.337 e. The topological polar surface area (TPSA) is 77.7 Å². The lowest BCUT2D eigenvalue weighted by atomic mass is 10.0. The number of nitrogens with zero attached hydrogens (tertiary/aromatic N) is 3. The number of anilines is 1. The van der Waals surface area contributed by atoms with Crippen LogP contribution in [0.2, 0.25) is 10.0 Å². The third kappa shape index (κ3) is 4.18. The van der Waals surface area contributed by atoms with Gasteiger partial charge in [-0.15, -0.1) is 0 Å². The Morgan fingerprint density at radius 2 is 2.00 bits per heavy atom. The van der Waals surface area contributed by atoms with Crippen molar-refractivity contribution in [2.75, 3.05) is 18.6 Å². The molecule has 196 valence electrons. The predicted molar refractivity (Wildman–Crippen MR) is 147 cm³/mol. The largest absolute Gasteiger partial charge is 0.465 e. The van der Waals surface area contributed by atoms with Gasteiger partial charge in [-0.3, -0.25) is 0 Å². The molecule has 4 aromatic rings. The van der Waals surface area contributed by atoms with Gasteiger partial charge in [0.05, 0.1) is 45.6 Å². The molecule has 38 heavy (non-hydrogen) atoms. The minimum Gasteiger partial charge on any atom is -0.465 e. The molecule has 2 bridgehead atoms. The van der Waals surface area contributed by atoms with Crippen LogP contribution < -0.4 is 4.90 Å². The summed E-state index contributed by atoms with van der Waals surface area (Å²) in [4.78, 5) is 19.2. The molecule has 1 saturated heterocycles. The Morgan fingerprint density at radius 1 is 1.18 bits per heavy atom. The number of methoxy groups -OCH3 is 1. The first kappa shape index (κ1) is 24.4. The van der Waals surface area contributed by atoms with Gasteiger partial charge in [0.2, 0.25) is 0 Å². The van der Waals surface area contributed by atoms with Gasteiger partial charge in [-0.1, -0.05) is 45.8 Å². The number of halogens is 2. The molecule has 2 saturated carbocycles. The van der Waals surface area contributed by atoms with E-state index in [1.165, 1.54) is 7.11 Å². The van der Waals surface area contributed by atoms with Crippen LogP contribution in [0.25, 0.3) is 21.5 Å². The molecule has 2 aliphatic carbocycles. The first-order valence-corrected chi connectivity index (χ1v) is 14.4. The molecule has 7 rings (SSSR count). The number of hydrogen-bond donors (Lipinski definition) is 0. The number of esters is 1.